The van der Waals surface area contributed by atoms with Crippen LogP contribution in [0.4, 0.5) is 5.69 Å². The number of aliphatic hydroxyl groups excluding tert-OH is 1. The summed E-state index contributed by atoms with van der Waals surface area (Å²) in [6.45, 7) is 4.46. The van der Waals surface area contributed by atoms with Crippen molar-refractivity contribution in [2.45, 2.75) is 6.10 Å². The third-order valence-electron chi connectivity index (χ3n) is 4.18. The molecule has 1 aliphatic rings. The van der Waals surface area contributed by atoms with Gasteiger partial charge >= 0.3 is 0 Å². The maximum Gasteiger partial charge on any atom is 0.163 e. The molecule has 0 amide bonds. The van der Waals surface area contributed by atoms with Crippen molar-refractivity contribution in [1.82, 2.24) is 9.80 Å². The van der Waals surface area contributed by atoms with Gasteiger partial charge in [-0.2, -0.15) is 15.8 Å². The van der Waals surface area contributed by atoms with Crippen molar-refractivity contribution in [2.24, 2.45) is 0 Å². The molecule has 7 nitrogen and oxygen atoms in total. The molecular weight excluding hydrogens is 316 g/mol. The number of anilines is 1. The number of nitrogens with zero attached hydrogens (tertiary/aromatic N) is 5. The highest BCUT2D eigenvalue weighted by atomic mass is 16.3. The van der Waals surface area contributed by atoms with Crippen LogP contribution in [0.5, 0.6) is 0 Å². The van der Waals surface area contributed by atoms with Gasteiger partial charge in [-0.1, -0.05) is 12.1 Å². The molecule has 1 atom stereocenters. The summed E-state index contributed by atoms with van der Waals surface area (Å²) < 4.78 is 0. The maximum atomic E-state index is 10.4. The minimum absolute atomic E-state index is 0.0873. The fourth-order valence-corrected chi connectivity index (χ4v) is 2.60. The van der Waals surface area contributed by atoms with Crippen LogP contribution in [0.15, 0.2) is 35.5 Å². The van der Waals surface area contributed by atoms with Crippen LogP contribution in [0.25, 0.3) is 0 Å². The second-order valence-electron chi connectivity index (χ2n) is 5.95. The summed E-state index contributed by atoms with van der Waals surface area (Å²) >= 11 is 0. The van der Waals surface area contributed by atoms with E-state index in [9.17, 15) is 5.11 Å². The normalized spacial score (nSPS) is 16.1. The van der Waals surface area contributed by atoms with Gasteiger partial charge in [0.25, 0.3) is 0 Å². The number of piperazine rings is 1. The van der Waals surface area contributed by atoms with Gasteiger partial charge in [0.1, 0.15) is 23.9 Å². The van der Waals surface area contributed by atoms with Crippen LogP contribution in [0.2, 0.25) is 0 Å². The first-order valence-corrected chi connectivity index (χ1v) is 7.98. The summed E-state index contributed by atoms with van der Waals surface area (Å²) in [6, 6.07) is 12.2. The lowest BCUT2D eigenvalue weighted by Gasteiger charge is -2.33. The highest BCUT2D eigenvalue weighted by Gasteiger charge is 2.18. The molecular formula is C18H20N6O. The zero-order valence-electron chi connectivity index (χ0n) is 14.1. The fraction of sp³-hybridized carbons (Fsp3) is 0.389. The zero-order chi connectivity index (χ0) is 18.2. The summed E-state index contributed by atoms with van der Waals surface area (Å²) in [5.41, 5.74) is 1.01. The van der Waals surface area contributed by atoms with Crippen molar-refractivity contribution in [3.63, 3.8) is 0 Å². The SMILES string of the molecule is CN1CCN(CC(O)c2ccc(NC(C#N)=C(C#N)C#N)cc2)CC1. The Hall–Kier alpha value is -2.89. The van der Waals surface area contributed by atoms with E-state index in [0.29, 0.717) is 12.2 Å². The predicted molar refractivity (Wildman–Crippen MR) is 92.8 cm³/mol. The minimum Gasteiger partial charge on any atom is -0.387 e. The highest BCUT2D eigenvalue weighted by Crippen LogP contribution is 2.19. The van der Waals surface area contributed by atoms with E-state index >= 15 is 0 Å². The molecule has 1 aromatic carbocycles. The first-order valence-electron chi connectivity index (χ1n) is 7.98. The summed E-state index contributed by atoms with van der Waals surface area (Å²) in [4.78, 5) is 4.50. The van der Waals surface area contributed by atoms with Crippen LogP contribution in [0.1, 0.15) is 11.7 Å². The number of rotatable bonds is 5. The van der Waals surface area contributed by atoms with Crippen LogP contribution < -0.4 is 5.32 Å². The highest BCUT2D eigenvalue weighted by molar-refractivity contribution is 5.58. The molecule has 0 saturated carbocycles. The average Bonchev–Trinajstić information content (AvgIpc) is 2.64. The largest absolute Gasteiger partial charge is 0.387 e. The minimum atomic E-state index is -0.586. The molecule has 1 saturated heterocycles. The van der Waals surface area contributed by atoms with Crippen molar-refractivity contribution >= 4 is 5.69 Å². The summed E-state index contributed by atoms with van der Waals surface area (Å²) in [5.74, 6) is 0. The molecule has 1 unspecified atom stereocenters. The molecule has 0 spiro atoms. The van der Waals surface area contributed by atoms with Crippen molar-refractivity contribution in [3.05, 3.63) is 41.1 Å². The van der Waals surface area contributed by atoms with E-state index in [1.165, 1.54) is 0 Å². The van der Waals surface area contributed by atoms with Gasteiger partial charge in [-0.3, -0.25) is 4.90 Å². The van der Waals surface area contributed by atoms with Crippen molar-refractivity contribution < 1.29 is 5.11 Å². The monoisotopic (exact) mass is 336 g/mol. The second-order valence-corrected chi connectivity index (χ2v) is 5.95. The Morgan fingerprint density at radius 1 is 1.08 bits per heavy atom. The molecule has 7 heteroatoms. The molecule has 0 aliphatic carbocycles. The predicted octanol–water partition coefficient (Wildman–Crippen LogP) is 1.20. The van der Waals surface area contributed by atoms with Gasteiger partial charge in [0.05, 0.1) is 6.10 Å². The summed E-state index contributed by atoms with van der Waals surface area (Å²) in [6.07, 6.45) is -0.586. The van der Waals surface area contributed by atoms with Crippen LogP contribution in [0, 0.1) is 34.0 Å². The maximum absolute atomic E-state index is 10.4. The molecule has 0 bridgehead atoms. The number of benzene rings is 1. The number of likely N-dealkylation sites (N-methyl/N-ethyl adjacent to an activating group) is 1. The van der Waals surface area contributed by atoms with E-state index in [-0.39, 0.29) is 11.3 Å². The lowest BCUT2D eigenvalue weighted by Crippen LogP contribution is -2.45. The molecule has 1 fully saturated rings. The van der Waals surface area contributed by atoms with E-state index < -0.39 is 6.10 Å². The quantitative estimate of drug-likeness (QED) is 0.777. The van der Waals surface area contributed by atoms with Gasteiger partial charge < -0.3 is 15.3 Å². The Bertz CT molecular complexity index is 726. The van der Waals surface area contributed by atoms with Gasteiger partial charge in [-0.25, -0.2) is 0 Å². The molecule has 2 N–H and O–H groups in total. The molecule has 1 heterocycles. The third-order valence-corrected chi connectivity index (χ3v) is 4.18. The van der Waals surface area contributed by atoms with E-state index in [0.717, 1.165) is 31.7 Å². The van der Waals surface area contributed by atoms with Crippen molar-refractivity contribution in [3.8, 4) is 18.2 Å². The Kier molecular flexibility index (Phi) is 6.51. The molecule has 25 heavy (non-hydrogen) atoms. The molecule has 128 valence electrons. The van der Waals surface area contributed by atoms with E-state index in [1.54, 1.807) is 36.4 Å². The van der Waals surface area contributed by atoms with Gasteiger partial charge in [-0.05, 0) is 24.7 Å². The molecule has 1 aliphatic heterocycles. The van der Waals surface area contributed by atoms with Crippen LogP contribution in [-0.4, -0.2) is 54.7 Å². The van der Waals surface area contributed by atoms with Crippen LogP contribution in [-0.2, 0) is 0 Å². The second kappa shape index (κ2) is 8.82. The standard InChI is InChI=1S/C18H20N6O/c1-23-6-8-24(9-7-23)13-18(25)14-2-4-16(5-3-14)22-17(12-21)15(10-19)11-20/h2-5,18,22,25H,6-9,13H2,1H3. The number of aliphatic hydroxyl groups is 1. The topological polar surface area (TPSA) is 110 Å². The first-order chi connectivity index (χ1) is 12.1. The Morgan fingerprint density at radius 3 is 2.20 bits per heavy atom. The zero-order valence-corrected chi connectivity index (χ0v) is 14.1. The molecule has 0 radical (unpaired) electrons. The lowest BCUT2D eigenvalue weighted by molar-refractivity contribution is 0.0805. The number of β-amino-alcohol motifs (C(OH)–C–C–N with tert-alkyl or cyclic N) is 1. The van der Waals surface area contributed by atoms with Crippen molar-refractivity contribution in [1.29, 1.82) is 15.8 Å². The Morgan fingerprint density at radius 2 is 1.68 bits per heavy atom. The number of hydrogen-bond acceptors (Lipinski definition) is 7. The first kappa shape index (κ1) is 18.4. The van der Waals surface area contributed by atoms with E-state index in [2.05, 4.69) is 22.2 Å². The smallest absolute Gasteiger partial charge is 0.163 e. The Balaban J connectivity index is 2.00. The fourth-order valence-electron chi connectivity index (χ4n) is 2.60. The van der Waals surface area contributed by atoms with Gasteiger partial charge in [0.2, 0.25) is 0 Å². The summed E-state index contributed by atoms with van der Waals surface area (Å²) in [7, 11) is 2.09. The molecule has 2 rings (SSSR count). The van der Waals surface area contributed by atoms with E-state index in [4.69, 9.17) is 15.8 Å². The number of nitriles is 3. The molecule has 1 aromatic rings. The number of nitrogens with one attached hydrogen (secondary N) is 1. The van der Waals surface area contributed by atoms with Crippen LogP contribution in [0.3, 0.4) is 0 Å². The molecule has 0 aromatic heterocycles. The average molecular weight is 336 g/mol. The van der Waals surface area contributed by atoms with Gasteiger partial charge in [-0.15, -0.1) is 0 Å². The van der Waals surface area contributed by atoms with Crippen LogP contribution >= 0.6 is 0 Å². The van der Waals surface area contributed by atoms with Crippen molar-refractivity contribution in [2.75, 3.05) is 45.1 Å². The number of hydrogen-bond donors (Lipinski definition) is 2. The third kappa shape index (κ3) is 5.04. The lowest BCUT2D eigenvalue weighted by atomic mass is 10.1. The number of allylic oxidation sites excluding steroid dienone is 2. The summed E-state index contributed by atoms with van der Waals surface area (Å²) in [5, 5.41) is 39.9. The van der Waals surface area contributed by atoms with E-state index in [1.807, 2.05) is 6.07 Å². The van der Waals surface area contributed by atoms with Gasteiger partial charge in [0, 0.05) is 38.4 Å². The Labute approximate surface area is 147 Å². The van der Waals surface area contributed by atoms with Gasteiger partial charge in [0.15, 0.2) is 5.57 Å².